The van der Waals surface area contributed by atoms with Gasteiger partial charge in [-0.2, -0.15) is 0 Å². The maximum atomic E-state index is 13.2. The van der Waals surface area contributed by atoms with Gasteiger partial charge in [0.2, 0.25) is 0 Å². The number of amides is 4. The quantitative estimate of drug-likeness (QED) is 0.426. The molecule has 1 saturated heterocycles. The second kappa shape index (κ2) is 11.0. The van der Waals surface area contributed by atoms with Crippen LogP contribution in [0.3, 0.4) is 0 Å². The normalized spacial score (nSPS) is 16.0. The Kier molecular flexibility index (Phi) is 7.62. The lowest BCUT2D eigenvalue weighted by molar-refractivity contribution is -0.155. The number of carbonyl (C=O) groups is 5. The second-order valence-electron chi connectivity index (χ2n) is 8.41. The standard InChI is InChI=1S/C26H27N3O7/c1-2-35-26(34)28-14-12-27(13-15-28)22(30)17-36-25(33)21(16-18-8-4-3-5-9-18)29-23(31)19-10-6-7-11-20(19)24(29)32/h3-11,21H,2,12-17H2,1H3/t21-/m1/s1. The van der Waals surface area contributed by atoms with E-state index in [2.05, 4.69) is 0 Å². The van der Waals surface area contributed by atoms with Gasteiger partial charge in [-0.05, 0) is 24.6 Å². The molecular weight excluding hydrogens is 466 g/mol. The van der Waals surface area contributed by atoms with E-state index in [1.165, 1.54) is 9.80 Å². The first-order valence-corrected chi connectivity index (χ1v) is 11.8. The molecule has 0 spiro atoms. The van der Waals surface area contributed by atoms with Crippen LogP contribution >= 0.6 is 0 Å². The molecule has 2 aromatic rings. The largest absolute Gasteiger partial charge is 0.454 e. The monoisotopic (exact) mass is 493 g/mol. The van der Waals surface area contributed by atoms with Crippen molar-refractivity contribution in [2.45, 2.75) is 19.4 Å². The van der Waals surface area contributed by atoms with Crippen LogP contribution in [0.2, 0.25) is 0 Å². The average Bonchev–Trinajstić information content (AvgIpc) is 3.16. The third-order valence-electron chi connectivity index (χ3n) is 6.18. The van der Waals surface area contributed by atoms with Gasteiger partial charge in [0, 0.05) is 32.6 Å². The highest BCUT2D eigenvalue weighted by atomic mass is 16.6. The first kappa shape index (κ1) is 24.9. The summed E-state index contributed by atoms with van der Waals surface area (Å²) in [4.78, 5) is 67.7. The molecule has 0 aromatic heterocycles. The molecule has 0 unspecified atom stereocenters. The van der Waals surface area contributed by atoms with E-state index in [9.17, 15) is 24.0 Å². The van der Waals surface area contributed by atoms with Crippen LogP contribution in [0.25, 0.3) is 0 Å². The summed E-state index contributed by atoms with van der Waals surface area (Å²) >= 11 is 0. The summed E-state index contributed by atoms with van der Waals surface area (Å²) in [7, 11) is 0. The molecule has 4 rings (SSSR count). The maximum absolute atomic E-state index is 13.2. The van der Waals surface area contributed by atoms with Gasteiger partial charge in [-0.1, -0.05) is 42.5 Å². The van der Waals surface area contributed by atoms with Crippen LogP contribution in [0.15, 0.2) is 54.6 Å². The Bertz CT molecular complexity index is 1120. The average molecular weight is 494 g/mol. The molecule has 2 heterocycles. The smallest absolute Gasteiger partial charge is 0.409 e. The highest BCUT2D eigenvalue weighted by Gasteiger charge is 2.43. The highest BCUT2D eigenvalue weighted by Crippen LogP contribution is 2.26. The van der Waals surface area contributed by atoms with Crippen LogP contribution in [0.4, 0.5) is 4.79 Å². The molecule has 0 N–H and O–H groups in total. The Morgan fingerprint density at radius 3 is 1.94 bits per heavy atom. The molecule has 188 valence electrons. The fraction of sp³-hybridized carbons (Fsp3) is 0.346. The zero-order valence-electron chi connectivity index (χ0n) is 19.9. The molecule has 1 atom stereocenters. The fourth-order valence-corrected chi connectivity index (χ4v) is 4.28. The van der Waals surface area contributed by atoms with Crippen molar-refractivity contribution in [1.82, 2.24) is 14.7 Å². The second-order valence-corrected chi connectivity index (χ2v) is 8.41. The Labute approximate surface area is 208 Å². The van der Waals surface area contributed by atoms with E-state index in [1.54, 1.807) is 55.5 Å². The van der Waals surface area contributed by atoms with Crippen molar-refractivity contribution in [3.05, 3.63) is 71.3 Å². The molecular formula is C26H27N3O7. The number of benzene rings is 2. The summed E-state index contributed by atoms with van der Waals surface area (Å²) in [6.07, 6.45) is -0.377. The Morgan fingerprint density at radius 1 is 0.806 bits per heavy atom. The molecule has 36 heavy (non-hydrogen) atoms. The minimum absolute atomic E-state index is 0.0531. The third-order valence-corrected chi connectivity index (χ3v) is 6.18. The first-order chi connectivity index (χ1) is 17.4. The molecule has 10 heteroatoms. The highest BCUT2D eigenvalue weighted by molar-refractivity contribution is 6.22. The zero-order chi connectivity index (χ0) is 25.7. The Balaban J connectivity index is 1.42. The predicted octanol–water partition coefficient (Wildman–Crippen LogP) is 1.74. The van der Waals surface area contributed by atoms with Crippen molar-refractivity contribution in [1.29, 1.82) is 0 Å². The van der Waals surface area contributed by atoms with Gasteiger partial charge in [-0.15, -0.1) is 0 Å². The minimum Gasteiger partial charge on any atom is -0.454 e. The van der Waals surface area contributed by atoms with Crippen molar-refractivity contribution in [2.75, 3.05) is 39.4 Å². The number of nitrogens with zero attached hydrogens (tertiary/aromatic N) is 3. The molecule has 0 aliphatic carbocycles. The van der Waals surface area contributed by atoms with E-state index in [0.29, 0.717) is 13.1 Å². The maximum Gasteiger partial charge on any atom is 0.409 e. The predicted molar refractivity (Wildman–Crippen MR) is 127 cm³/mol. The SMILES string of the molecule is CCOC(=O)N1CCN(C(=O)COC(=O)[C@@H](Cc2ccccc2)N2C(=O)c3ccccc3C2=O)CC1. The molecule has 4 amide bonds. The van der Waals surface area contributed by atoms with Gasteiger partial charge < -0.3 is 19.3 Å². The van der Waals surface area contributed by atoms with Crippen molar-refractivity contribution in [3.8, 4) is 0 Å². The summed E-state index contributed by atoms with van der Waals surface area (Å²) in [5.41, 5.74) is 1.19. The first-order valence-electron chi connectivity index (χ1n) is 11.8. The van der Waals surface area contributed by atoms with Crippen molar-refractivity contribution in [2.24, 2.45) is 0 Å². The number of hydrogen-bond donors (Lipinski definition) is 0. The number of piperazine rings is 1. The molecule has 2 aromatic carbocycles. The van der Waals surface area contributed by atoms with E-state index in [4.69, 9.17) is 9.47 Å². The molecule has 0 radical (unpaired) electrons. The molecule has 10 nitrogen and oxygen atoms in total. The van der Waals surface area contributed by atoms with Gasteiger partial charge in [0.1, 0.15) is 6.04 Å². The van der Waals surface area contributed by atoms with Crippen LogP contribution in [0, 0.1) is 0 Å². The summed E-state index contributed by atoms with van der Waals surface area (Å²) < 4.78 is 10.3. The van der Waals surface area contributed by atoms with E-state index >= 15 is 0 Å². The number of esters is 1. The van der Waals surface area contributed by atoms with Crippen LogP contribution in [0.1, 0.15) is 33.2 Å². The van der Waals surface area contributed by atoms with E-state index in [-0.39, 0.29) is 37.2 Å². The lowest BCUT2D eigenvalue weighted by Crippen LogP contribution is -2.52. The van der Waals surface area contributed by atoms with Crippen LogP contribution < -0.4 is 0 Å². The lowest BCUT2D eigenvalue weighted by Gasteiger charge is -2.34. The third kappa shape index (κ3) is 5.22. The summed E-state index contributed by atoms with van der Waals surface area (Å²) in [6.45, 7) is 2.63. The van der Waals surface area contributed by atoms with E-state index in [1.807, 2.05) is 6.07 Å². The van der Waals surface area contributed by atoms with Gasteiger partial charge in [0.25, 0.3) is 17.7 Å². The van der Waals surface area contributed by atoms with Gasteiger partial charge in [0.05, 0.1) is 17.7 Å². The molecule has 2 aliphatic rings. The summed E-state index contributed by atoms with van der Waals surface area (Å²) in [6, 6.07) is 14.1. The van der Waals surface area contributed by atoms with Crippen LogP contribution in [-0.2, 0) is 25.5 Å². The number of ether oxygens (including phenoxy) is 2. The van der Waals surface area contributed by atoms with Crippen molar-refractivity contribution >= 4 is 29.8 Å². The van der Waals surface area contributed by atoms with Gasteiger partial charge in [-0.3, -0.25) is 19.3 Å². The van der Waals surface area contributed by atoms with Crippen LogP contribution in [-0.4, -0.2) is 89.9 Å². The summed E-state index contributed by atoms with van der Waals surface area (Å²) in [5.74, 6) is -2.41. The van der Waals surface area contributed by atoms with Crippen molar-refractivity contribution in [3.63, 3.8) is 0 Å². The van der Waals surface area contributed by atoms with Gasteiger partial charge in [0.15, 0.2) is 6.61 Å². The lowest BCUT2D eigenvalue weighted by atomic mass is 10.0. The number of rotatable bonds is 7. The van der Waals surface area contributed by atoms with Crippen molar-refractivity contribution < 1.29 is 33.4 Å². The van der Waals surface area contributed by atoms with E-state index < -0.39 is 42.4 Å². The molecule has 0 bridgehead atoms. The topological polar surface area (TPSA) is 114 Å². The van der Waals surface area contributed by atoms with Gasteiger partial charge in [-0.25, -0.2) is 9.59 Å². The Hall–Kier alpha value is -4.21. The van der Waals surface area contributed by atoms with Gasteiger partial charge >= 0.3 is 12.1 Å². The number of hydrogen-bond acceptors (Lipinski definition) is 7. The number of carbonyl (C=O) groups excluding carboxylic acids is 5. The zero-order valence-corrected chi connectivity index (χ0v) is 19.9. The summed E-state index contributed by atoms with van der Waals surface area (Å²) in [5, 5.41) is 0. The number of imide groups is 1. The number of fused-ring (bicyclic) bond motifs is 1. The van der Waals surface area contributed by atoms with Crippen LogP contribution in [0.5, 0.6) is 0 Å². The Morgan fingerprint density at radius 2 is 1.36 bits per heavy atom. The molecule has 0 saturated carbocycles. The molecule has 2 aliphatic heterocycles. The fourth-order valence-electron chi connectivity index (χ4n) is 4.28. The molecule has 1 fully saturated rings. The van der Waals surface area contributed by atoms with E-state index in [0.717, 1.165) is 10.5 Å². The minimum atomic E-state index is -1.23.